The van der Waals surface area contributed by atoms with Crippen LogP contribution in [0.5, 0.6) is 0 Å². The summed E-state index contributed by atoms with van der Waals surface area (Å²) in [6.45, 7) is 1.94. The number of rotatable bonds is 7. The summed E-state index contributed by atoms with van der Waals surface area (Å²) in [5.74, 6) is -1.73. The van der Waals surface area contributed by atoms with Crippen molar-refractivity contribution in [1.29, 1.82) is 0 Å². The molecule has 7 heteroatoms. The van der Waals surface area contributed by atoms with Gasteiger partial charge in [0.2, 0.25) is 11.8 Å². The van der Waals surface area contributed by atoms with E-state index in [1.54, 1.807) is 6.92 Å². The molecule has 2 amide bonds. The Morgan fingerprint density at radius 1 is 1.38 bits per heavy atom. The van der Waals surface area contributed by atoms with Crippen LogP contribution in [-0.2, 0) is 23.9 Å². The van der Waals surface area contributed by atoms with E-state index in [1.807, 2.05) is 0 Å². The summed E-state index contributed by atoms with van der Waals surface area (Å²) in [5, 5.41) is 2.53. The Morgan fingerprint density at radius 3 is 2.67 bits per heavy atom. The van der Waals surface area contributed by atoms with Gasteiger partial charge in [-0.05, 0) is 25.7 Å². The minimum absolute atomic E-state index is 0.0469. The van der Waals surface area contributed by atoms with Gasteiger partial charge in [0.05, 0.1) is 13.0 Å². The quantitative estimate of drug-likeness (QED) is 0.645. The summed E-state index contributed by atoms with van der Waals surface area (Å²) >= 11 is 0. The van der Waals surface area contributed by atoms with Gasteiger partial charge in [-0.1, -0.05) is 0 Å². The lowest BCUT2D eigenvalue weighted by Gasteiger charge is -2.28. The van der Waals surface area contributed by atoms with Gasteiger partial charge in [0.1, 0.15) is 11.8 Å². The molecule has 0 saturated heterocycles. The third-order valence-electron chi connectivity index (χ3n) is 3.48. The number of carbonyl (C=O) groups excluding carboxylic acids is 4. The zero-order valence-corrected chi connectivity index (χ0v) is 12.2. The van der Waals surface area contributed by atoms with Crippen molar-refractivity contribution < 1.29 is 23.9 Å². The molecule has 21 heavy (non-hydrogen) atoms. The number of hydrogen-bond acceptors (Lipinski definition) is 5. The van der Waals surface area contributed by atoms with Crippen LogP contribution in [0, 0.1) is 5.92 Å². The molecule has 1 rings (SSSR count). The molecular weight excluding hydrogens is 276 g/mol. The molecule has 7 nitrogen and oxygen atoms in total. The van der Waals surface area contributed by atoms with Gasteiger partial charge >= 0.3 is 5.97 Å². The van der Waals surface area contributed by atoms with Crippen molar-refractivity contribution in [2.45, 2.75) is 51.5 Å². The molecular formula is C14H22N2O5. The van der Waals surface area contributed by atoms with Crippen LogP contribution in [-0.4, -0.2) is 36.2 Å². The van der Waals surface area contributed by atoms with E-state index in [4.69, 9.17) is 10.5 Å². The highest BCUT2D eigenvalue weighted by Crippen LogP contribution is 2.24. The number of Topliss-reactive ketones (excluding diaryl/α,β-unsaturated/α-hetero) is 1. The molecule has 1 aliphatic carbocycles. The summed E-state index contributed by atoms with van der Waals surface area (Å²) in [6.07, 6.45) is 2.03. The molecule has 0 radical (unpaired) electrons. The van der Waals surface area contributed by atoms with Crippen LogP contribution < -0.4 is 11.1 Å². The number of ketones is 1. The molecule has 1 aliphatic rings. The molecule has 1 saturated carbocycles. The van der Waals surface area contributed by atoms with Crippen LogP contribution in [0.1, 0.15) is 45.4 Å². The number of hydrogen-bond donors (Lipinski definition) is 2. The Hall–Kier alpha value is -1.92. The van der Waals surface area contributed by atoms with Gasteiger partial charge < -0.3 is 15.8 Å². The van der Waals surface area contributed by atoms with Gasteiger partial charge in [-0.25, -0.2) is 0 Å². The summed E-state index contributed by atoms with van der Waals surface area (Å²) in [6, 6.07) is -0.857. The fourth-order valence-electron chi connectivity index (χ4n) is 2.46. The van der Waals surface area contributed by atoms with Gasteiger partial charge in [-0.3, -0.25) is 19.2 Å². The SMILES string of the molecule is CCOC(=O)CCC(=O)N[C@H](C(N)=O)[C@@H]1CCCC(=O)C1. The summed E-state index contributed by atoms with van der Waals surface area (Å²) in [4.78, 5) is 45.9. The molecule has 3 N–H and O–H groups in total. The molecule has 0 unspecified atom stereocenters. The first kappa shape index (κ1) is 17.1. The molecule has 2 atom stereocenters. The van der Waals surface area contributed by atoms with Gasteiger partial charge in [0, 0.05) is 19.3 Å². The maximum absolute atomic E-state index is 11.8. The second-order valence-electron chi connectivity index (χ2n) is 5.15. The lowest BCUT2D eigenvalue weighted by molar-refractivity contribution is -0.144. The monoisotopic (exact) mass is 298 g/mol. The molecule has 0 aliphatic heterocycles. The largest absolute Gasteiger partial charge is 0.466 e. The highest BCUT2D eigenvalue weighted by atomic mass is 16.5. The van der Waals surface area contributed by atoms with Gasteiger partial charge in [0.15, 0.2) is 0 Å². The highest BCUT2D eigenvalue weighted by molar-refractivity contribution is 5.89. The molecule has 1 fully saturated rings. The number of ether oxygens (including phenoxy) is 1. The van der Waals surface area contributed by atoms with Crippen molar-refractivity contribution >= 4 is 23.6 Å². The molecule has 0 bridgehead atoms. The third-order valence-corrected chi connectivity index (χ3v) is 3.48. The minimum Gasteiger partial charge on any atom is -0.466 e. The predicted octanol–water partition coefficient (Wildman–Crippen LogP) is 0.0591. The normalized spacial score (nSPS) is 19.7. The van der Waals surface area contributed by atoms with E-state index in [-0.39, 0.29) is 37.6 Å². The van der Waals surface area contributed by atoms with E-state index < -0.39 is 23.8 Å². The van der Waals surface area contributed by atoms with Gasteiger partial charge in [-0.2, -0.15) is 0 Å². The highest BCUT2D eigenvalue weighted by Gasteiger charge is 2.32. The summed E-state index contributed by atoms with van der Waals surface area (Å²) in [5.41, 5.74) is 5.31. The van der Waals surface area contributed by atoms with Crippen LogP contribution in [0.3, 0.4) is 0 Å². The molecule has 0 aromatic rings. The molecule has 0 heterocycles. The predicted molar refractivity (Wildman–Crippen MR) is 74.0 cm³/mol. The number of esters is 1. The average molecular weight is 298 g/mol. The first-order chi connectivity index (χ1) is 9.93. The van der Waals surface area contributed by atoms with Crippen molar-refractivity contribution in [2.75, 3.05) is 6.61 Å². The standard InChI is InChI=1S/C14H22N2O5/c1-2-21-12(19)7-6-11(18)16-13(14(15)20)9-4-3-5-10(17)8-9/h9,13H,2-8H2,1H3,(H2,15,20)(H,16,18)/t9-,13+/m1/s1. The van der Waals surface area contributed by atoms with Crippen molar-refractivity contribution in [3.8, 4) is 0 Å². The fourth-order valence-corrected chi connectivity index (χ4v) is 2.46. The number of amides is 2. The first-order valence-corrected chi connectivity index (χ1v) is 7.20. The maximum atomic E-state index is 11.8. The zero-order chi connectivity index (χ0) is 15.8. The van der Waals surface area contributed by atoms with Crippen LogP contribution >= 0.6 is 0 Å². The number of nitrogens with two attached hydrogens (primary N) is 1. The van der Waals surface area contributed by atoms with Crippen LogP contribution in [0.25, 0.3) is 0 Å². The molecule has 0 aromatic carbocycles. The zero-order valence-electron chi connectivity index (χ0n) is 12.2. The van der Waals surface area contributed by atoms with Crippen molar-refractivity contribution in [1.82, 2.24) is 5.32 Å². The van der Waals surface area contributed by atoms with Crippen molar-refractivity contribution in [3.05, 3.63) is 0 Å². The first-order valence-electron chi connectivity index (χ1n) is 7.20. The lowest BCUT2D eigenvalue weighted by atomic mass is 9.83. The average Bonchev–Trinajstić information content (AvgIpc) is 2.42. The number of nitrogens with one attached hydrogen (secondary N) is 1. The lowest BCUT2D eigenvalue weighted by Crippen LogP contribution is -2.50. The molecule has 0 aromatic heterocycles. The minimum atomic E-state index is -0.857. The van der Waals surface area contributed by atoms with E-state index in [1.165, 1.54) is 0 Å². The second kappa shape index (κ2) is 8.39. The van der Waals surface area contributed by atoms with Crippen molar-refractivity contribution in [3.63, 3.8) is 0 Å². The van der Waals surface area contributed by atoms with E-state index in [0.717, 1.165) is 0 Å². The fraction of sp³-hybridized carbons (Fsp3) is 0.714. The summed E-state index contributed by atoms with van der Waals surface area (Å²) < 4.78 is 4.72. The van der Waals surface area contributed by atoms with Gasteiger partial charge in [0.25, 0.3) is 0 Å². The Kier molecular flexibility index (Phi) is 6.84. The molecule has 0 spiro atoms. The van der Waals surface area contributed by atoms with Crippen LogP contribution in [0.15, 0.2) is 0 Å². The Balaban J connectivity index is 2.50. The van der Waals surface area contributed by atoms with Crippen molar-refractivity contribution in [2.24, 2.45) is 11.7 Å². The third kappa shape index (κ3) is 5.93. The van der Waals surface area contributed by atoms with E-state index in [0.29, 0.717) is 19.3 Å². The topological polar surface area (TPSA) is 116 Å². The number of primary amides is 1. The Bertz CT molecular complexity index is 422. The molecule has 118 valence electrons. The van der Waals surface area contributed by atoms with Crippen LogP contribution in [0.2, 0.25) is 0 Å². The second-order valence-corrected chi connectivity index (χ2v) is 5.15. The van der Waals surface area contributed by atoms with E-state index >= 15 is 0 Å². The van der Waals surface area contributed by atoms with E-state index in [9.17, 15) is 19.2 Å². The van der Waals surface area contributed by atoms with Crippen LogP contribution in [0.4, 0.5) is 0 Å². The van der Waals surface area contributed by atoms with Gasteiger partial charge in [-0.15, -0.1) is 0 Å². The van der Waals surface area contributed by atoms with E-state index in [2.05, 4.69) is 5.32 Å². The maximum Gasteiger partial charge on any atom is 0.306 e. The number of carbonyl (C=O) groups is 4. The smallest absolute Gasteiger partial charge is 0.306 e. The Labute approximate surface area is 123 Å². The summed E-state index contributed by atoms with van der Waals surface area (Å²) in [7, 11) is 0. The Morgan fingerprint density at radius 2 is 2.10 bits per heavy atom.